The number of ether oxygens (including phenoxy) is 2. The first-order chi connectivity index (χ1) is 9.80. The van der Waals surface area contributed by atoms with E-state index in [1.54, 1.807) is 15.8 Å². The predicted molar refractivity (Wildman–Crippen MR) is 75.0 cm³/mol. The third-order valence-electron chi connectivity index (χ3n) is 3.21. The van der Waals surface area contributed by atoms with Gasteiger partial charge in [0.05, 0.1) is 24.9 Å². The van der Waals surface area contributed by atoms with Crippen LogP contribution in [0.25, 0.3) is 0 Å². The largest absolute Gasteiger partial charge is 0.465 e. The van der Waals surface area contributed by atoms with E-state index in [0.717, 1.165) is 6.42 Å². The Bertz CT molecular complexity index is 533. The molecule has 2 rings (SSSR count). The van der Waals surface area contributed by atoms with Crippen molar-refractivity contribution in [2.24, 2.45) is 0 Å². The van der Waals surface area contributed by atoms with Crippen molar-refractivity contribution >= 4 is 12.1 Å². The number of likely N-dealkylation sites (tertiary alicyclic amines) is 1. The van der Waals surface area contributed by atoms with Crippen molar-refractivity contribution in [1.29, 1.82) is 0 Å². The molecule has 0 radical (unpaired) electrons. The quantitative estimate of drug-likeness (QED) is 0.778. The lowest BCUT2D eigenvalue weighted by Crippen LogP contribution is -2.35. The summed E-state index contributed by atoms with van der Waals surface area (Å²) in [7, 11) is 1.33. The molecule has 7 heteroatoms. The summed E-state index contributed by atoms with van der Waals surface area (Å²) in [6.45, 7) is 6.67. The van der Waals surface area contributed by atoms with Crippen LogP contribution in [0.15, 0.2) is 12.4 Å². The predicted octanol–water partition coefficient (Wildman–Crippen LogP) is 1.85. The van der Waals surface area contributed by atoms with Gasteiger partial charge in [0.1, 0.15) is 5.60 Å². The van der Waals surface area contributed by atoms with Crippen LogP contribution in [0.1, 0.15) is 43.6 Å². The molecule has 1 aromatic rings. The van der Waals surface area contributed by atoms with E-state index in [-0.39, 0.29) is 12.1 Å². The summed E-state index contributed by atoms with van der Waals surface area (Å²) in [4.78, 5) is 25.1. The topological polar surface area (TPSA) is 73.7 Å². The maximum atomic E-state index is 12.0. The Balaban J connectivity index is 1.97. The molecule has 1 amide bonds. The van der Waals surface area contributed by atoms with E-state index < -0.39 is 11.6 Å². The van der Waals surface area contributed by atoms with Crippen LogP contribution < -0.4 is 0 Å². The van der Waals surface area contributed by atoms with Crippen LogP contribution in [0.2, 0.25) is 0 Å². The molecule has 1 aliphatic rings. The van der Waals surface area contributed by atoms with Gasteiger partial charge in [0.15, 0.2) is 0 Å². The minimum Gasteiger partial charge on any atom is -0.465 e. The highest BCUT2D eigenvalue weighted by molar-refractivity contribution is 5.88. The maximum absolute atomic E-state index is 12.0. The second-order valence-electron chi connectivity index (χ2n) is 6.07. The SMILES string of the molecule is COC(=O)c1cnn([C@H]2CCN(C(=O)OC(C)(C)C)C2)c1. The second-order valence-corrected chi connectivity index (χ2v) is 6.07. The highest BCUT2D eigenvalue weighted by Gasteiger charge is 2.31. The van der Waals surface area contributed by atoms with Crippen LogP contribution >= 0.6 is 0 Å². The lowest BCUT2D eigenvalue weighted by Gasteiger charge is -2.24. The minimum absolute atomic E-state index is 0.0518. The van der Waals surface area contributed by atoms with Crippen molar-refractivity contribution in [2.45, 2.75) is 38.8 Å². The van der Waals surface area contributed by atoms with E-state index in [9.17, 15) is 9.59 Å². The van der Waals surface area contributed by atoms with E-state index in [0.29, 0.717) is 18.7 Å². The van der Waals surface area contributed by atoms with E-state index >= 15 is 0 Å². The zero-order valence-electron chi connectivity index (χ0n) is 12.8. The van der Waals surface area contributed by atoms with Gasteiger partial charge >= 0.3 is 12.1 Å². The van der Waals surface area contributed by atoms with Gasteiger partial charge in [-0.3, -0.25) is 4.68 Å². The smallest absolute Gasteiger partial charge is 0.410 e. The lowest BCUT2D eigenvalue weighted by molar-refractivity contribution is 0.0288. The number of esters is 1. The van der Waals surface area contributed by atoms with Crippen LogP contribution in [0.3, 0.4) is 0 Å². The standard InChI is InChI=1S/C14H21N3O4/c1-14(2,3)21-13(19)16-6-5-11(9-16)17-8-10(7-15-17)12(18)20-4/h7-8,11H,5-6,9H2,1-4H3/t11-/m0/s1. The van der Waals surface area contributed by atoms with E-state index in [4.69, 9.17) is 4.74 Å². The van der Waals surface area contributed by atoms with Gasteiger partial charge in [-0.2, -0.15) is 5.10 Å². The molecule has 1 aromatic heterocycles. The zero-order valence-corrected chi connectivity index (χ0v) is 12.8. The molecular formula is C14H21N3O4. The number of hydrogen-bond acceptors (Lipinski definition) is 5. The first kappa shape index (κ1) is 15.3. The molecule has 0 bridgehead atoms. The molecule has 0 aromatic carbocycles. The molecule has 21 heavy (non-hydrogen) atoms. The van der Waals surface area contributed by atoms with E-state index in [1.807, 2.05) is 20.8 Å². The Morgan fingerprint density at radius 3 is 2.71 bits per heavy atom. The Hall–Kier alpha value is -2.05. The number of amides is 1. The summed E-state index contributed by atoms with van der Waals surface area (Å²) >= 11 is 0. The fraction of sp³-hybridized carbons (Fsp3) is 0.643. The van der Waals surface area contributed by atoms with E-state index in [1.165, 1.54) is 13.3 Å². The van der Waals surface area contributed by atoms with Crippen LogP contribution in [0.5, 0.6) is 0 Å². The van der Waals surface area contributed by atoms with Gasteiger partial charge in [0, 0.05) is 19.3 Å². The second kappa shape index (κ2) is 5.75. The molecule has 116 valence electrons. The number of carbonyl (C=O) groups excluding carboxylic acids is 2. The number of methoxy groups -OCH3 is 1. The Morgan fingerprint density at radius 2 is 2.10 bits per heavy atom. The highest BCUT2D eigenvalue weighted by Crippen LogP contribution is 2.23. The van der Waals surface area contributed by atoms with Crippen molar-refractivity contribution in [1.82, 2.24) is 14.7 Å². The Labute approximate surface area is 123 Å². The molecule has 1 aliphatic heterocycles. The summed E-state index contributed by atoms with van der Waals surface area (Å²) in [6, 6.07) is 0.0518. The molecule has 1 fully saturated rings. The molecule has 2 heterocycles. The monoisotopic (exact) mass is 295 g/mol. The minimum atomic E-state index is -0.501. The number of aromatic nitrogens is 2. The molecule has 7 nitrogen and oxygen atoms in total. The van der Waals surface area contributed by atoms with Gasteiger partial charge < -0.3 is 14.4 Å². The molecule has 1 saturated heterocycles. The first-order valence-electron chi connectivity index (χ1n) is 6.90. The normalized spacial score (nSPS) is 18.7. The summed E-state index contributed by atoms with van der Waals surface area (Å²) in [5.74, 6) is -0.414. The Kier molecular flexibility index (Phi) is 4.20. The van der Waals surface area contributed by atoms with Crippen molar-refractivity contribution in [3.05, 3.63) is 18.0 Å². The average Bonchev–Trinajstić information content (AvgIpc) is 3.04. The summed E-state index contributed by atoms with van der Waals surface area (Å²) in [6.07, 6.45) is 3.59. The van der Waals surface area contributed by atoms with Gasteiger partial charge in [0.25, 0.3) is 0 Å². The number of hydrogen-bond donors (Lipinski definition) is 0. The molecule has 0 aliphatic carbocycles. The van der Waals surface area contributed by atoms with Gasteiger partial charge in [-0.15, -0.1) is 0 Å². The average molecular weight is 295 g/mol. The summed E-state index contributed by atoms with van der Waals surface area (Å²) < 4.78 is 11.7. The molecule has 1 atom stereocenters. The molecule has 0 N–H and O–H groups in total. The number of nitrogens with zero attached hydrogens (tertiary/aromatic N) is 3. The highest BCUT2D eigenvalue weighted by atomic mass is 16.6. The van der Waals surface area contributed by atoms with Crippen molar-refractivity contribution in [3.63, 3.8) is 0 Å². The third-order valence-corrected chi connectivity index (χ3v) is 3.21. The molecular weight excluding hydrogens is 274 g/mol. The fourth-order valence-electron chi connectivity index (χ4n) is 2.21. The fourth-order valence-corrected chi connectivity index (χ4v) is 2.21. The van der Waals surface area contributed by atoms with E-state index in [2.05, 4.69) is 9.84 Å². The maximum Gasteiger partial charge on any atom is 0.410 e. The Morgan fingerprint density at radius 1 is 1.38 bits per heavy atom. The number of rotatable bonds is 2. The number of carbonyl (C=O) groups is 2. The lowest BCUT2D eigenvalue weighted by atomic mass is 10.2. The van der Waals surface area contributed by atoms with Gasteiger partial charge in [0.2, 0.25) is 0 Å². The molecule has 0 spiro atoms. The van der Waals surface area contributed by atoms with Gasteiger partial charge in [-0.1, -0.05) is 0 Å². The summed E-state index contributed by atoms with van der Waals surface area (Å²) in [5, 5.41) is 4.17. The van der Waals surface area contributed by atoms with Crippen LogP contribution in [-0.2, 0) is 9.47 Å². The molecule has 0 unspecified atom stereocenters. The third kappa shape index (κ3) is 3.74. The molecule has 0 saturated carbocycles. The zero-order chi connectivity index (χ0) is 15.6. The van der Waals surface area contributed by atoms with Crippen LogP contribution in [0, 0.1) is 0 Å². The summed E-state index contributed by atoms with van der Waals surface area (Å²) in [5.41, 5.74) is -0.0907. The van der Waals surface area contributed by atoms with Gasteiger partial charge in [-0.25, -0.2) is 9.59 Å². The van der Waals surface area contributed by atoms with Crippen molar-refractivity contribution in [3.8, 4) is 0 Å². The van der Waals surface area contributed by atoms with Gasteiger partial charge in [-0.05, 0) is 27.2 Å². The first-order valence-corrected chi connectivity index (χ1v) is 6.90. The van der Waals surface area contributed by atoms with Crippen molar-refractivity contribution < 1.29 is 19.1 Å². The van der Waals surface area contributed by atoms with Crippen molar-refractivity contribution in [2.75, 3.05) is 20.2 Å². The van der Waals surface area contributed by atoms with Crippen LogP contribution in [-0.4, -0.2) is 52.5 Å². The van der Waals surface area contributed by atoms with Crippen LogP contribution in [0.4, 0.5) is 4.79 Å².